The number of carbonyl (C=O) groups excluding carboxylic acids is 1. The first-order valence-corrected chi connectivity index (χ1v) is 10.0. The van der Waals surface area contributed by atoms with Crippen molar-refractivity contribution in [3.05, 3.63) is 68.5 Å². The second kappa shape index (κ2) is 8.69. The second-order valence-corrected chi connectivity index (χ2v) is 8.14. The number of nitrogens with zero attached hydrogens (tertiary/aromatic N) is 1. The van der Waals surface area contributed by atoms with Gasteiger partial charge in [-0.25, -0.2) is 4.98 Å². The molecule has 1 aromatic heterocycles. The highest BCUT2D eigenvalue weighted by Gasteiger charge is 2.11. The Balaban J connectivity index is 1.70. The van der Waals surface area contributed by atoms with Crippen LogP contribution < -0.4 is 10.1 Å². The summed E-state index contributed by atoms with van der Waals surface area (Å²) in [4.78, 5) is 17.8. The average Bonchev–Trinajstić information content (AvgIpc) is 3.01. The highest BCUT2D eigenvalue weighted by Crippen LogP contribution is 2.31. The van der Waals surface area contributed by atoms with Gasteiger partial charge in [0.2, 0.25) is 5.91 Å². The standard InChI is InChI=1S/C20H16BrClN2O2S/c1-12-19(14-5-7-15(22)8-6-14)24-20(27-12)23-18(25)10-4-13-3-9-17(26-2)16(21)11-13/h3-11H,1-2H3,(H,23,24,25). The molecule has 0 atom stereocenters. The molecular weight excluding hydrogens is 448 g/mol. The first kappa shape index (κ1) is 19.6. The number of benzene rings is 2. The van der Waals surface area contributed by atoms with Crippen LogP contribution in [-0.4, -0.2) is 18.0 Å². The summed E-state index contributed by atoms with van der Waals surface area (Å²) in [5, 5.41) is 4.05. The summed E-state index contributed by atoms with van der Waals surface area (Å²) in [7, 11) is 1.61. The van der Waals surface area contributed by atoms with Crippen molar-refractivity contribution in [1.29, 1.82) is 0 Å². The van der Waals surface area contributed by atoms with Gasteiger partial charge in [0.05, 0.1) is 17.3 Å². The van der Waals surface area contributed by atoms with Crippen molar-refractivity contribution in [2.75, 3.05) is 12.4 Å². The molecule has 2 aromatic carbocycles. The third-order valence-corrected chi connectivity index (χ3v) is 5.51. The number of aromatic nitrogens is 1. The molecule has 4 nitrogen and oxygen atoms in total. The van der Waals surface area contributed by atoms with Crippen LogP contribution in [0.5, 0.6) is 5.75 Å². The molecule has 3 rings (SSSR count). The number of thiazole rings is 1. The third-order valence-electron chi connectivity index (χ3n) is 3.75. The molecule has 0 unspecified atom stereocenters. The molecular formula is C20H16BrClN2O2S. The Bertz CT molecular complexity index is 1000. The SMILES string of the molecule is COc1ccc(C=CC(=O)Nc2nc(-c3ccc(Cl)cc3)c(C)s2)cc1Br. The van der Waals surface area contributed by atoms with Crippen LogP contribution in [0.2, 0.25) is 5.02 Å². The molecule has 1 amide bonds. The lowest BCUT2D eigenvalue weighted by atomic mass is 10.1. The number of amides is 1. The van der Waals surface area contributed by atoms with Gasteiger partial charge in [-0.3, -0.25) is 10.1 Å². The third kappa shape index (κ3) is 4.97. The molecule has 0 bridgehead atoms. The van der Waals surface area contributed by atoms with E-state index in [9.17, 15) is 4.79 Å². The zero-order valence-electron chi connectivity index (χ0n) is 14.6. The monoisotopic (exact) mass is 462 g/mol. The van der Waals surface area contributed by atoms with Gasteiger partial charge >= 0.3 is 0 Å². The minimum atomic E-state index is -0.238. The van der Waals surface area contributed by atoms with Gasteiger partial charge in [-0.2, -0.15) is 0 Å². The Kier molecular flexibility index (Phi) is 6.31. The molecule has 0 spiro atoms. The van der Waals surface area contributed by atoms with Crippen molar-refractivity contribution in [3.63, 3.8) is 0 Å². The predicted molar refractivity (Wildman–Crippen MR) is 116 cm³/mol. The average molecular weight is 464 g/mol. The van der Waals surface area contributed by atoms with Crippen LogP contribution in [0.25, 0.3) is 17.3 Å². The van der Waals surface area contributed by atoms with Crippen molar-refractivity contribution in [1.82, 2.24) is 4.98 Å². The van der Waals surface area contributed by atoms with Gasteiger partial charge in [-0.05, 0) is 58.8 Å². The number of nitrogens with one attached hydrogen (secondary N) is 1. The molecule has 0 radical (unpaired) electrons. The van der Waals surface area contributed by atoms with E-state index < -0.39 is 0 Å². The number of rotatable bonds is 5. The molecule has 3 aromatic rings. The highest BCUT2D eigenvalue weighted by molar-refractivity contribution is 9.10. The largest absolute Gasteiger partial charge is 0.496 e. The molecule has 138 valence electrons. The Morgan fingerprint density at radius 1 is 1.26 bits per heavy atom. The Morgan fingerprint density at radius 2 is 2.00 bits per heavy atom. The number of methoxy groups -OCH3 is 1. The van der Waals surface area contributed by atoms with Crippen LogP contribution in [0.15, 0.2) is 53.0 Å². The van der Waals surface area contributed by atoms with Gasteiger partial charge in [-0.1, -0.05) is 29.8 Å². The molecule has 0 aliphatic heterocycles. The first-order chi connectivity index (χ1) is 13.0. The fourth-order valence-corrected chi connectivity index (χ4v) is 3.95. The van der Waals surface area contributed by atoms with Gasteiger partial charge in [0.15, 0.2) is 5.13 Å². The number of aryl methyl sites for hydroxylation is 1. The molecule has 0 saturated carbocycles. The molecule has 0 aliphatic rings. The molecule has 0 fully saturated rings. The van der Waals surface area contributed by atoms with Crippen LogP contribution in [0.3, 0.4) is 0 Å². The predicted octanol–water partition coefficient (Wildman–Crippen LogP) is 6.19. The molecule has 0 aliphatic carbocycles. The summed E-state index contributed by atoms with van der Waals surface area (Å²) in [5.41, 5.74) is 2.69. The van der Waals surface area contributed by atoms with E-state index in [0.717, 1.165) is 31.9 Å². The zero-order chi connectivity index (χ0) is 19.4. The van der Waals surface area contributed by atoms with E-state index >= 15 is 0 Å². The van der Waals surface area contributed by atoms with Crippen molar-refractivity contribution < 1.29 is 9.53 Å². The summed E-state index contributed by atoms with van der Waals surface area (Å²) in [5.74, 6) is 0.503. The lowest BCUT2D eigenvalue weighted by Crippen LogP contribution is -2.07. The first-order valence-electron chi connectivity index (χ1n) is 8.02. The lowest BCUT2D eigenvalue weighted by molar-refractivity contribution is -0.111. The maximum atomic E-state index is 12.2. The lowest BCUT2D eigenvalue weighted by Gasteiger charge is -2.03. The topological polar surface area (TPSA) is 51.2 Å². The van der Waals surface area contributed by atoms with Gasteiger partial charge in [0, 0.05) is 21.5 Å². The smallest absolute Gasteiger partial charge is 0.250 e. The summed E-state index contributed by atoms with van der Waals surface area (Å²) < 4.78 is 6.03. The Hall–Kier alpha value is -2.15. The van der Waals surface area contributed by atoms with E-state index in [2.05, 4.69) is 26.2 Å². The highest BCUT2D eigenvalue weighted by atomic mass is 79.9. The minimum Gasteiger partial charge on any atom is -0.496 e. The fourth-order valence-electron chi connectivity index (χ4n) is 2.43. The summed E-state index contributed by atoms with van der Waals surface area (Å²) >= 11 is 10.8. The quantitative estimate of drug-likeness (QED) is 0.459. The van der Waals surface area contributed by atoms with E-state index in [4.69, 9.17) is 16.3 Å². The van der Waals surface area contributed by atoms with Crippen molar-refractivity contribution in [2.24, 2.45) is 0 Å². The molecule has 1 N–H and O–H groups in total. The number of hydrogen-bond donors (Lipinski definition) is 1. The van der Waals surface area contributed by atoms with Gasteiger partial charge in [-0.15, -0.1) is 11.3 Å². The van der Waals surface area contributed by atoms with E-state index in [-0.39, 0.29) is 5.91 Å². The maximum Gasteiger partial charge on any atom is 0.250 e. The van der Waals surface area contributed by atoms with Gasteiger partial charge in [0.1, 0.15) is 5.75 Å². The molecule has 0 saturated heterocycles. The molecule has 1 heterocycles. The van der Waals surface area contributed by atoms with Crippen molar-refractivity contribution in [2.45, 2.75) is 6.92 Å². The van der Waals surface area contributed by atoms with Crippen molar-refractivity contribution >= 4 is 56.0 Å². The number of hydrogen-bond acceptors (Lipinski definition) is 4. The Labute approximate surface area is 175 Å². The number of carbonyl (C=O) groups is 1. The summed E-state index contributed by atoms with van der Waals surface area (Å²) in [6.45, 7) is 1.97. The normalized spacial score (nSPS) is 11.0. The number of anilines is 1. The fraction of sp³-hybridized carbons (Fsp3) is 0.100. The van der Waals surface area contributed by atoms with Crippen LogP contribution in [-0.2, 0) is 4.79 Å². The number of halogens is 2. The Morgan fingerprint density at radius 3 is 2.67 bits per heavy atom. The number of ether oxygens (including phenoxy) is 1. The van der Waals surface area contributed by atoms with E-state index in [1.54, 1.807) is 13.2 Å². The van der Waals surface area contributed by atoms with E-state index in [0.29, 0.717) is 10.2 Å². The molecule has 27 heavy (non-hydrogen) atoms. The minimum absolute atomic E-state index is 0.238. The zero-order valence-corrected chi connectivity index (χ0v) is 17.8. The van der Waals surface area contributed by atoms with Crippen LogP contribution in [0.4, 0.5) is 5.13 Å². The van der Waals surface area contributed by atoms with Crippen LogP contribution in [0, 0.1) is 6.92 Å². The summed E-state index contributed by atoms with van der Waals surface area (Å²) in [6.07, 6.45) is 3.22. The van der Waals surface area contributed by atoms with Crippen molar-refractivity contribution in [3.8, 4) is 17.0 Å². The van der Waals surface area contributed by atoms with Gasteiger partial charge < -0.3 is 4.74 Å². The second-order valence-electron chi connectivity index (χ2n) is 5.65. The van der Waals surface area contributed by atoms with Crippen LogP contribution >= 0.6 is 38.9 Å². The van der Waals surface area contributed by atoms with E-state index in [1.807, 2.05) is 49.4 Å². The van der Waals surface area contributed by atoms with Gasteiger partial charge in [0.25, 0.3) is 0 Å². The van der Waals surface area contributed by atoms with Crippen LogP contribution in [0.1, 0.15) is 10.4 Å². The van der Waals surface area contributed by atoms with E-state index in [1.165, 1.54) is 17.4 Å². The molecule has 7 heteroatoms. The summed E-state index contributed by atoms with van der Waals surface area (Å²) in [6, 6.07) is 13.1. The maximum absolute atomic E-state index is 12.2.